The van der Waals surface area contributed by atoms with Crippen LogP contribution in [-0.4, -0.2) is 18.6 Å². The molecule has 3 atom stereocenters. The molecule has 0 bridgehead atoms. The third-order valence-corrected chi connectivity index (χ3v) is 3.19. The van der Waals surface area contributed by atoms with Crippen molar-refractivity contribution in [3.63, 3.8) is 0 Å². The molecule has 0 radical (unpaired) electrons. The second kappa shape index (κ2) is 4.97. The summed E-state index contributed by atoms with van der Waals surface area (Å²) in [7, 11) is 0. The third kappa shape index (κ3) is 3.65. The first-order chi connectivity index (χ1) is 6.09. The van der Waals surface area contributed by atoms with Gasteiger partial charge in [-0.2, -0.15) is 0 Å². The van der Waals surface area contributed by atoms with Crippen LogP contribution < -0.4 is 11.1 Å². The van der Waals surface area contributed by atoms with E-state index in [1.54, 1.807) is 0 Å². The van der Waals surface area contributed by atoms with E-state index in [0.717, 1.165) is 18.5 Å². The van der Waals surface area contributed by atoms with Crippen molar-refractivity contribution in [1.82, 2.24) is 5.32 Å². The molecular weight excluding hydrogens is 160 g/mol. The maximum atomic E-state index is 5.97. The van der Waals surface area contributed by atoms with Gasteiger partial charge in [0.25, 0.3) is 0 Å². The van der Waals surface area contributed by atoms with Gasteiger partial charge in [-0.05, 0) is 31.1 Å². The first-order valence-electron chi connectivity index (χ1n) is 5.58. The minimum atomic E-state index is 0.316. The Hall–Kier alpha value is -0.0800. The van der Waals surface area contributed by atoms with E-state index in [2.05, 4.69) is 26.1 Å². The Bertz CT molecular complexity index is 145. The summed E-state index contributed by atoms with van der Waals surface area (Å²) in [6.07, 6.45) is 4.06. The number of nitrogens with one attached hydrogen (secondary N) is 1. The molecule has 3 unspecified atom stereocenters. The molecule has 0 heterocycles. The highest BCUT2D eigenvalue weighted by molar-refractivity contribution is 4.80. The van der Waals surface area contributed by atoms with Crippen molar-refractivity contribution in [1.29, 1.82) is 0 Å². The maximum Gasteiger partial charge on any atom is 0.0188 e. The van der Waals surface area contributed by atoms with E-state index in [1.165, 1.54) is 19.3 Å². The molecule has 3 N–H and O–H groups in total. The highest BCUT2D eigenvalue weighted by Gasteiger charge is 2.21. The molecular formula is C11H24N2. The molecule has 13 heavy (non-hydrogen) atoms. The van der Waals surface area contributed by atoms with Crippen molar-refractivity contribution in [3.05, 3.63) is 0 Å². The molecule has 1 fully saturated rings. The van der Waals surface area contributed by atoms with E-state index in [-0.39, 0.29) is 0 Å². The second-order valence-electron chi connectivity index (χ2n) is 4.93. The summed E-state index contributed by atoms with van der Waals surface area (Å²) in [6, 6.07) is 1.05. The molecule has 0 aromatic heterocycles. The smallest absolute Gasteiger partial charge is 0.0188 e. The van der Waals surface area contributed by atoms with Gasteiger partial charge in [-0.25, -0.2) is 0 Å². The summed E-state index contributed by atoms with van der Waals surface area (Å²) < 4.78 is 0. The van der Waals surface area contributed by atoms with Gasteiger partial charge in [-0.3, -0.25) is 0 Å². The van der Waals surface area contributed by atoms with Gasteiger partial charge in [0.05, 0.1) is 0 Å². The molecule has 78 valence electrons. The quantitative estimate of drug-likeness (QED) is 0.698. The first-order valence-corrected chi connectivity index (χ1v) is 5.58. The molecule has 0 saturated heterocycles. The van der Waals surface area contributed by atoms with E-state index in [9.17, 15) is 0 Å². The van der Waals surface area contributed by atoms with Gasteiger partial charge in [0.15, 0.2) is 0 Å². The van der Waals surface area contributed by atoms with Gasteiger partial charge >= 0.3 is 0 Å². The highest BCUT2D eigenvalue weighted by atomic mass is 14.9. The van der Waals surface area contributed by atoms with E-state index >= 15 is 0 Å². The molecule has 0 amide bonds. The van der Waals surface area contributed by atoms with Gasteiger partial charge < -0.3 is 11.1 Å². The van der Waals surface area contributed by atoms with Crippen LogP contribution in [0.4, 0.5) is 0 Å². The Morgan fingerprint density at radius 3 is 2.54 bits per heavy atom. The molecule has 1 saturated carbocycles. The Morgan fingerprint density at radius 2 is 2.08 bits per heavy atom. The fourth-order valence-corrected chi connectivity index (χ4v) is 1.93. The molecule has 0 spiro atoms. The third-order valence-electron chi connectivity index (χ3n) is 3.19. The maximum absolute atomic E-state index is 5.97. The lowest BCUT2D eigenvalue weighted by Gasteiger charge is -2.19. The molecule has 0 aromatic rings. The van der Waals surface area contributed by atoms with Crippen molar-refractivity contribution < 1.29 is 0 Å². The predicted molar refractivity (Wildman–Crippen MR) is 57.6 cm³/mol. The van der Waals surface area contributed by atoms with Crippen molar-refractivity contribution in [2.75, 3.05) is 6.54 Å². The number of hydrogen-bond donors (Lipinski definition) is 2. The summed E-state index contributed by atoms with van der Waals surface area (Å²) in [6.45, 7) is 7.69. The molecule has 0 aromatic carbocycles. The van der Waals surface area contributed by atoms with Crippen LogP contribution in [-0.2, 0) is 0 Å². The topological polar surface area (TPSA) is 38.0 Å². The van der Waals surface area contributed by atoms with Gasteiger partial charge in [0.2, 0.25) is 0 Å². The SMILES string of the molecule is CC1CCC(NCC(N)C(C)C)C1. The Kier molecular flexibility index (Phi) is 4.20. The fraction of sp³-hybridized carbons (Fsp3) is 1.00. The normalized spacial score (nSPS) is 31.2. The molecule has 2 nitrogen and oxygen atoms in total. The van der Waals surface area contributed by atoms with E-state index in [1.807, 2.05) is 0 Å². The first kappa shape index (κ1) is 11.0. The van der Waals surface area contributed by atoms with Crippen molar-refractivity contribution in [2.45, 2.75) is 52.1 Å². The molecule has 2 heteroatoms. The molecule has 1 aliphatic rings. The van der Waals surface area contributed by atoms with Crippen LogP contribution in [0, 0.1) is 11.8 Å². The van der Waals surface area contributed by atoms with Crippen molar-refractivity contribution >= 4 is 0 Å². The van der Waals surface area contributed by atoms with Crippen LogP contribution in [0.5, 0.6) is 0 Å². The zero-order valence-corrected chi connectivity index (χ0v) is 9.22. The number of rotatable bonds is 4. The lowest BCUT2D eigenvalue weighted by molar-refractivity contribution is 0.416. The summed E-state index contributed by atoms with van der Waals surface area (Å²) >= 11 is 0. The van der Waals surface area contributed by atoms with Crippen molar-refractivity contribution in [3.8, 4) is 0 Å². The minimum absolute atomic E-state index is 0.316. The molecule has 1 aliphatic carbocycles. The Labute approximate surface area is 82.3 Å². The van der Waals surface area contributed by atoms with Crippen LogP contribution in [0.15, 0.2) is 0 Å². The van der Waals surface area contributed by atoms with E-state index in [4.69, 9.17) is 5.73 Å². The number of nitrogens with two attached hydrogens (primary N) is 1. The van der Waals surface area contributed by atoms with E-state index in [0.29, 0.717) is 12.0 Å². The van der Waals surface area contributed by atoms with Crippen LogP contribution in [0.1, 0.15) is 40.0 Å². The van der Waals surface area contributed by atoms with Gasteiger partial charge in [0.1, 0.15) is 0 Å². The number of hydrogen-bond acceptors (Lipinski definition) is 2. The lowest BCUT2D eigenvalue weighted by atomic mass is 10.1. The summed E-state index contributed by atoms with van der Waals surface area (Å²) in [4.78, 5) is 0. The highest BCUT2D eigenvalue weighted by Crippen LogP contribution is 2.24. The average molecular weight is 184 g/mol. The standard InChI is InChI=1S/C11H24N2/c1-8(2)11(12)7-13-10-5-4-9(3)6-10/h8-11,13H,4-7,12H2,1-3H3. The van der Waals surface area contributed by atoms with Crippen LogP contribution in [0.2, 0.25) is 0 Å². The Morgan fingerprint density at radius 1 is 1.38 bits per heavy atom. The van der Waals surface area contributed by atoms with Gasteiger partial charge in [-0.15, -0.1) is 0 Å². The Balaban J connectivity index is 2.12. The summed E-state index contributed by atoms with van der Waals surface area (Å²) in [5.74, 6) is 1.50. The zero-order chi connectivity index (χ0) is 9.84. The van der Waals surface area contributed by atoms with Gasteiger partial charge in [0, 0.05) is 18.6 Å². The predicted octanol–water partition coefficient (Wildman–Crippen LogP) is 1.75. The van der Waals surface area contributed by atoms with E-state index < -0.39 is 0 Å². The fourth-order valence-electron chi connectivity index (χ4n) is 1.93. The minimum Gasteiger partial charge on any atom is -0.326 e. The van der Waals surface area contributed by atoms with Crippen molar-refractivity contribution in [2.24, 2.45) is 17.6 Å². The largest absolute Gasteiger partial charge is 0.326 e. The zero-order valence-electron chi connectivity index (χ0n) is 9.22. The lowest BCUT2D eigenvalue weighted by Crippen LogP contribution is -2.41. The monoisotopic (exact) mass is 184 g/mol. The summed E-state index contributed by atoms with van der Waals surface area (Å²) in [5.41, 5.74) is 5.97. The second-order valence-corrected chi connectivity index (χ2v) is 4.93. The van der Waals surface area contributed by atoms with Crippen LogP contribution in [0.3, 0.4) is 0 Å². The average Bonchev–Trinajstić information content (AvgIpc) is 2.47. The van der Waals surface area contributed by atoms with Crippen LogP contribution in [0.25, 0.3) is 0 Å². The molecule has 1 rings (SSSR count). The van der Waals surface area contributed by atoms with Gasteiger partial charge in [-0.1, -0.05) is 20.8 Å². The summed E-state index contributed by atoms with van der Waals surface area (Å²) in [5, 5.41) is 3.57. The molecule has 0 aliphatic heterocycles. The van der Waals surface area contributed by atoms with Crippen LogP contribution >= 0.6 is 0 Å².